The van der Waals surface area contributed by atoms with Crippen LogP contribution in [0.25, 0.3) is 0 Å². The van der Waals surface area contributed by atoms with E-state index in [0.717, 1.165) is 0 Å². The van der Waals surface area contributed by atoms with E-state index in [9.17, 15) is 20.1 Å². The second kappa shape index (κ2) is 6.68. The molecule has 0 aromatic heterocycles. The Morgan fingerprint density at radius 3 is 2.41 bits per heavy atom. The zero-order valence-corrected chi connectivity index (χ0v) is 12.4. The van der Waals surface area contributed by atoms with Crippen LogP contribution in [0, 0.1) is 0 Å². The number of aliphatic hydroxyl groups is 3. The molecule has 3 N–H and O–H groups in total. The lowest BCUT2D eigenvalue weighted by molar-refractivity contribution is -0.168. The van der Waals surface area contributed by atoms with Gasteiger partial charge in [-0.1, -0.05) is 36.4 Å². The molecule has 1 aliphatic rings. The Kier molecular flexibility index (Phi) is 5.10. The normalized spacial score (nSPS) is 31.3. The number of methoxy groups -OCH3 is 1. The minimum atomic E-state index is -2.11. The van der Waals surface area contributed by atoms with E-state index < -0.39 is 36.0 Å². The highest BCUT2D eigenvalue weighted by Crippen LogP contribution is 2.33. The van der Waals surface area contributed by atoms with Crippen molar-refractivity contribution in [2.24, 2.45) is 0 Å². The van der Waals surface area contributed by atoms with Gasteiger partial charge in [0.05, 0.1) is 0 Å². The molecule has 1 heterocycles. The smallest absolute Gasteiger partial charge is 0.201 e. The van der Waals surface area contributed by atoms with Crippen LogP contribution in [0.15, 0.2) is 42.5 Å². The van der Waals surface area contributed by atoms with Crippen molar-refractivity contribution in [3.8, 4) is 0 Å². The third-order valence-electron chi connectivity index (χ3n) is 3.71. The topological polar surface area (TPSA) is 96.2 Å². The lowest BCUT2D eigenvalue weighted by Crippen LogP contribution is -2.53. The predicted octanol–water partition coefficient (Wildman–Crippen LogP) is 0.270. The number of hydrogen-bond donors (Lipinski definition) is 3. The number of rotatable bonds is 5. The van der Waals surface area contributed by atoms with Gasteiger partial charge in [-0.05, 0) is 13.0 Å². The van der Waals surface area contributed by atoms with E-state index >= 15 is 0 Å². The van der Waals surface area contributed by atoms with Gasteiger partial charge < -0.3 is 24.8 Å². The van der Waals surface area contributed by atoms with Crippen LogP contribution < -0.4 is 0 Å². The number of aliphatic hydroxyl groups excluding tert-OH is 2. The van der Waals surface area contributed by atoms with E-state index in [1.54, 1.807) is 37.3 Å². The van der Waals surface area contributed by atoms with Gasteiger partial charge in [0.15, 0.2) is 11.9 Å². The molecule has 22 heavy (non-hydrogen) atoms. The molecule has 1 aromatic rings. The number of carbonyl (C=O) groups is 1. The number of ketones is 1. The highest BCUT2D eigenvalue weighted by atomic mass is 16.7. The molecule has 1 fully saturated rings. The Hall–Kier alpha value is -1.57. The molecule has 1 aromatic carbocycles. The molecule has 0 saturated carbocycles. The molecule has 0 radical (unpaired) electrons. The minimum absolute atomic E-state index is 0.272. The first-order valence-electron chi connectivity index (χ1n) is 6.96. The van der Waals surface area contributed by atoms with Gasteiger partial charge in [0.1, 0.15) is 18.3 Å². The average Bonchev–Trinajstić information content (AvgIpc) is 2.83. The fourth-order valence-corrected chi connectivity index (χ4v) is 2.58. The van der Waals surface area contributed by atoms with E-state index in [1.807, 2.05) is 0 Å². The Morgan fingerprint density at radius 2 is 1.91 bits per heavy atom. The standard InChI is InChI=1S/C16H20O6/c1-3-9-16(20,13(19)10-7-5-4-6-8-10)14-11(17)12(18)15(21-2)22-14/h3-9,11-12,14-15,17-18,20H,1-2H3/t11-,12+,14-,15-,16-/m0/s1. The Morgan fingerprint density at radius 1 is 1.27 bits per heavy atom. The average molecular weight is 308 g/mol. The number of hydrogen-bond acceptors (Lipinski definition) is 6. The van der Waals surface area contributed by atoms with Gasteiger partial charge >= 0.3 is 0 Å². The molecule has 5 atom stereocenters. The van der Waals surface area contributed by atoms with Crippen LogP contribution in [0.3, 0.4) is 0 Å². The highest BCUT2D eigenvalue weighted by Gasteiger charge is 2.55. The SMILES string of the molecule is CC=C[C@](O)(C(=O)c1ccccc1)[C@H]1O[C@H](OC)[C@H](O)[C@@H]1O. The zero-order chi connectivity index (χ0) is 16.3. The molecule has 6 heteroatoms. The maximum atomic E-state index is 12.7. The van der Waals surface area contributed by atoms with Crippen LogP contribution in [-0.2, 0) is 9.47 Å². The third kappa shape index (κ3) is 2.84. The molecule has 0 unspecified atom stereocenters. The number of Topliss-reactive ketones (excluding diaryl/α,β-unsaturated/α-hetero) is 1. The summed E-state index contributed by atoms with van der Waals surface area (Å²) in [5.41, 5.74) is -1.83. The fraction of sp³-hybridized carbons (Fsp3) is 0.438. The first-order valence-corrected chi connectivity index (χ1v) is 6.96. The molecule has 0 aliphatic carbocycles. The summed E-state index contributed by atoms with van der Waals surface area (Å²) < 4.78 is 10.3. The van der Waals surface area contributed by atoms with Crippen molar-refractivity contribution in [2.75, 3.05) is 7.11 Å². The molecule has 0 bridgehead atoms. The van der Waals surface area contributed by atoms with Crippen LogP contribution in [0.1, 0.15) is 17.3 Å². The molecular weight excluding hydrogens is 288 g/mol. The van der Waals surface area contributed by atoms with Crippen molar-refractivity contribution in [3.63, 3.8) is 0 Å². The molecule has 0 spiro atoms. The van der Waals surface area contributed by atoms with E-state index in [2.05, 4.69) is 0 Å². The van der Waals surface area contributed by atoms with Crippen molar-refractivity contribution in [1.82, 2.24) is 0 Å². The largest absolute Gasteiger partial charge is 0.387 e. The molecule has 6 nitrogen and oxygen atoms in total. The molecule has 0 amide bonds. The van der Waals surface area contributed by atoms with Gasteiger partial charge in [-0.3, -0.25) is 4.79 Å². The van der Waals surface area contributed by atoms with Crippen molar-refractivity contribution in [3.05, 3.63) is 48.0 Å². The second-order valence-electron chi connectivity index (χ2n) is 5.16. The van der Waals surface area contributed by atoms with Crippen molar-refractivity contribution in [1.29, 1.82) is 0 Å². The molecule has 1 aliphatic heterocycles. The lowest BCUT2D eigenvalue weighted by atomic mass is 9.84. The Labute approximate surface area is 128 Å². The summed E-state index contributed by atoms with van der Waals surface area (Å²) in [6.45, 7) is 1.63. The first-order chi connectivity index (χ1) is 10.5. The third-order valence-corrected chi connectivity index (χ3v) is 3.71. The number of ether oxygens (including phenoxy) is 2. The number of benzene rings is 1. The van der Waals surface area contributed by atoms with Crippen LogP contribution in [0.4, 0.5) is 0 Å². The first kappa shape index (κ1) is 16.8. The van der Waals surface area contributed by atoms with E-state index in [4.69, 9.17) is 9.47 Å². The summed E-state index contributed by atoms with van der Waals surface area (Å²) in [7, 11) is 1.30. The van der Waals surface area contributed by atoms with Gasteiger partial charge in [0.2, 0.25) is 5.78 Å². The van der Waals surface area contributed by atoms with E-state index in [-0.39, 0.29) is 5.56 Å². The van der Waals surface area contributed by atoms with Gasteiger partial charge in [-0.2, -0.15) is 0 Å². The van der Waals surface area contributed by atoms with E-state index in [0.29, 0.717) is 0 Å². The monoisotopic (exact) mass is 308 g/mol. The van der Waals surface area contributed by atoms with Crippen molar-refractivity contribution < 1.29 is 29.6 Å². The van der Waals surface area contributed by atoms with Crippen LogP contribution in [0.5, 0.6) is 0 Å². The van der Waals surface area contributed by atoms with Crippen molar-refractivity contribution >= 4 is 5.78 Å². The fourth-order valence-electron chi connectivity index (χ4n) is 2.58. The van der Waals surface area contributed by atoms with Crippen LogP contribution in [0.2, 0.25) is 0 Å². The summed E-state index contributed by atoms with van der Waals surface area (Å²) in [6.07, 6.45) is -2.52. The van der Waals surface area contributed by atoms with Crippen LogP contribution in [-0.4, -0.2) is 58.4 Å². The number of carbonyl (C=O) groups excluding carboxylic acids is 1. The highest BCUT2D eigenvalue weighted by molar-refractivity contribution is 6.04. The second-order valence-corrected chi connectivity index (χ2v) is 5.16. The van der Waals surface area contributed by atoms with E-state index in [1.165, 1.54) is 19.3 Å². The number of allylic oxidation sites excluding steroid dienone is 1. The maximum Gasteiger partial charge on any atom is 0.201 e. The lowest BCUT2D eigenvalue weighted by Gasteiger charge is -2.31. The van der Waals surface area contributed by atoms with Gasteiger partial charge in [0, 0.05) is 12.7 Å². The molecule has 2 rings (SSSR count). The summed E-state index contributed by atoms with van der Waals surface area (Å²) in [5.74, 6) is -0.626. The maximum absolute atomic E-state index is 12.7. The summed E-state index contributed by atoms with van der Waals surface area (Å²) in [5, 5.41) is 30.8. The summed E-state index contributed by atoms with van der Waals surface area (Å²) in [6, 6.07) is 8.20. The predicted molar refractivity (Wildman–Crippen MR) is 78.2 cm³/mol. The zero-order valence-electron chi connectivity index (χ0n) is 12.4. The molecular formula is C16H20O6. The van der Waals surface area contributed by atoms with Gasteiger partial charge in [0.25, 0.3) is 0 Å². The summed E-state index contributed by atoms with van der Waals surface area (Å²) >= 11 is 0. The van der Waals surface area contributed by atoms with Gasteiger partial charge in [-0.25, -0.2) is 0 Å². The Balaban J connectivity index is 2.39. The summed E-state index contributed by atoms with van der Waals surface area (Å²) in [4.78, 5) is 12.7. The minimum Gasteiger partial charge on any atom is -0.387 e. The van der Waals surface area contributed by atoms with Crippen molar-refractivity contribution in [2.45, 2.75) is 37.1 Å². The van der Waals surface area contributed by atoms with Gasteiger partial charge in [-0.15, -0.1) is 0 Å². The Bertz CT molecular complexity index is 543. The van der Waals surface area contributed by atoms with Crippen LogP contribution >= 0.6 is 0 Å². The quantitative estimate of drug-likeness (QED) is 0.534. The molecule has 1 saturated heterocycles. The molecule has 120 valence electrons.